The lowest BCUT2D eigenvalue weighted by molar-refractivity contribution is -0.117. The number of hydrogen-bond donors (Lipinski definition) is 0. The molecular formula is C19H17ClF2N2O2. The van der Waals surface area contributed by atoms with Gasteiger partial charge in [0.25, 0.3) is 5.91 Å². The molecule has 2 amide bonds. The summed E-state index contributed by atoms with van der Waals surface area (Å²) in [7, 11) is 1.53. The Morgan fingerprint density at radius 1 is 1.23 bits per heavy atom. The quantitative estimate of drug-likeness (QED) is 0.806. The fourth-order valence-electron chi connectivity index (χ4n) is 2.95. The van der Waals surface area contributed by atoms with Gasteiger partial charge in [-0.2, -0.15) is 0 Å². The molecule has 2 aromatic rings. The van der Waals surface area contributed by atoms with Crippen LogP contribution >= 0.6 is 11.6 Å². The summed E-state index contributed by atoms with van der Waals surface area (Å²) in [6.07, 6.45) is 1.20. The van der Waals surface area contributed by atoms with Crippen molar-refractivity contribution < 1.29 is 18.4 Å². The molecule has 1 aliphatic heterocycles. The molecule has 1 heterocycles. The lowest BCUT2D eigenvalue weighted by atomic mass is 10.1. The number of amides is 2. The standard InChI is InChI=1S/C19H17ClF2N2O2/c1-23(11-13-4-6-14(21)10-16(13)22)19(26)12-5-7-15(20)17(9-12)24-8-2-3-18(24)25/h4-7,9-10H,2-3,8,11H2,1H3. The van der Waals surface area contributed by atoms with Gasteiger partial charge in [-0.05, 0) is 30.7 Å². The summed E-state index contributed by atoms with van der Waals surface area (Å²) in [5.74, 6) is -1.75. The molecule has 3 rings (SSSR count). The first-order valence-electron chi connectivity index (χ1n) is 8.16. The molecule has 0 bridgehead atoms. The monoisotopic (exact) mass is 378 g/mol. The minimum atomic E-state index is -0.705. The maximum Gasteiger partial charge on any atom is 0.253 e. The SMILES string of the molecule is CN(Cc1ccc(F)cc1F)C(=O)c1ccc(Cl)c(N2CCCC2=O)c1. The van der Waals surface area contributed by atoms with Crippen molar-refractivity contribution in [2.24, 2.45) is 0 Å². The highest BCUT2D eigenvalue weighted by atomic mass is 35.5. The molecule has 1 fully saturated rings. The first kappa shape index (κ1) is 18.3. The first-order chi connectivity index (χ1) is 12.4. The Kier molecular flexibility index (Phi) is 5.23. The molecule has 0 unspecified atom stereocenters. The van der Waals surface area contributed by atoms with Crippen LogP contribution in [0.2, 0.25) is 5.02 Å². The molecule has 0 atom stereocenters. The van der Waals surface area contributed by atoms with Gasteiger partial charge < -0.3 is 9.80 Å². The zero-order valence-corrected chi connectivity index (χ0v) is 14.9. The van der Waals surface area contributed by atoms with Gasteiger partial charge in [-0.25, -0.2) is 8.78 Å². The van der Waals surface area contributed by atoms with E-state index in [9.17, 15) is 18.4 Å². The third kappa shape index (κ3) is 3.70. The van der Waals surface area contributed by atoms with Gasteiger partial charge >= 0.3 is 0 Å². The lowest BCUT2D eigenvalue weighted by Gasteiger charge is -2.21. The van der Waals surface area contributed by atoms with Crippen LogP contribution in [-0.2, 0) is 11.3 Å². The normalized spacial score (nSPS) is 14.0. The average molecular weight is 379 g/mol. The van der Waals surface area contributed by atoms with Gasteiger partial charge in [0.05, 0.1) is 10.7 Å². The van der Waals surface area contributed by atoms with E-state index >= 15 is 0 Å². The highest BCUT2D eigenvalue weighted by Gasteiger charge is 2.25. The summed E-state index contributed by atoms with van der Waals surface area (Å²) in [5.41, 5.74) is 1.06. The highest BCUT2D eigenvalue weighted by molar-refractivity contribution is 6.34. The Hall–Kier alpha value is -2.47. The predicted molar refractivity (Wildman–Crippen MR) is 95.2 cm³/mol. The first-order valence-corrected chi connectivity index (χ1v) is 8.54. The maximum atomic E-state index is 13.8. The van der Waals surface area contributed by atoms with Crippen LogP contribution in [0.1, 0.15) is 28.8 Å². The van der Waals surface area contributed by atoms with Gasteiger partial charge in [0, 0.05) is 43.8 Å². The van der Waals surface area contributed by atoms with E-state index in [4.69, 9.17) is 11.6 Å². The van der Waals surface area contributed by atoms with Crippen molar-refractivity contribution in [3.05, 3.63) is 64.2 Å². The molecule has 0 radical (unpaired) electrons. The second-order valence-electron chi connectivity index (χ2n) is 6.21. The largest absolute Gasteiger partial charge is 0.337 e. The Morgan fingerprint density at radius 2 is 2.00 bits per heavy atom. The third-order valence-electron chi connectivity index (χ3n) is 4.33. The van der Waals surface area contributed by atoms with Crippen molar-refractivity contribution in [2.75, 3.05) is 18.5 Å². The van der Waals surface area contributed by atoms with Gasteiger partial charge in [-0.3, -0.25) is 9.59 Å². The van der Waals surface area contributed by atoms with E-state index < -0.39 is 11.6 Å². The van der Waals surface area contributed by atoms with Gasteiger partial charge in [-0.15, -0.1) is 0 Å². The van der Waals surface area contributed by atoms with E-state index in [0.717, 1.165) is 18.6 Å². The molecule has 1 aliphatic rings. The van der Waals surface area contributed by atoms with Crippen LogP contribution in [-0.4, -0.2) is 30.3 Å². The molecule has 2 aromatic carbocycles. The Morgan fingerprint density at radius 3 is 2.65 bits per heavy atom. The second-order valence-corrected chi connectivity index (χ2v) is 6.62. The minimum absolute atomic E-state index is 0.00838. The number of nitrogens with zero attached hydrogens (tertiary/aromatic N) is 2. The van der Waals surface area contributed by atoms with E-state index in [1.54, 1.807) is 23.1 Å². The molecule has 0 aliphatic carbocycles. The molecule has 0 N–H and O–H groups in total. The number of hydrogen-bond acceptors (Lipinski definition) is 2. The summed E-state index contributed by atoms with van der Waals surface area (Å²) in [4.78, 5) is 27.5. The number of carbonyl (C=O) groups excluding carboxylic acids is 2. The zero-order chi connectivity index (χ0) is 18.8. The number of anilines is 1. The Balaban J connectivity index is 1.81. The van der Waals surface area contributed by atoms with Crippen LogP contribution in [0, 0.1) is 11.6 Å². The van der Waals surface area contributed by atoms with E-state index in [1.165, 1.54) is 18.0 Å². The molecular weight excluding hydrogens is 362 g/mol. The number of rotatable bonds is 4. The topological polar surface area (TPSA) is 40.6 Å². The van der Waals surface area contributed by atoms with E-state index in [2.05, 4.69) is 0 Å². The van der Waals surface area contributed by atoms with Crippen LogP contribution in [0.15, 0.2) is 36.4 Å². The molecule has 26 heavy (non-hydrogen) atoms. The number of carbonyl (C=O) groups is 2. The average Bonchev–Trinajstić information content (AvgIpc) is 3.03. The fourth-order valence-corrected chi connectivity index (χ4v) is 3.17. The second kappa shape index (κ2) is 7.41. The van der Waals surface area contributed by atoms with Crippen molar-refractivity contribution in [2.45, 2.75) is 19.4 Å². The maximum absolute atomic E-state index is 13.8. The van der Waals surface area contributed by atoms with Crippen molar-refractivity contribution in [1.82, 2.24) is 4.90 Å². The van der Waals surface area contributed by atoms with Gasteiger partial charge in [0.15, 0.2) is 0 Å². The van der Waals surface area contributed by atoms with Gasteiger partial charge in [0.1, 0.15) is 11.6 Å². The van der Waals surface area contributed by atoms with Crippen LogP contribution < -0.4 is 4.90 Å². The molecule has 0 spiro atoms. The minimum Gasteiger partial charge on any atom is -0.337 e. The van der Waals surface area contributed by atoms with Crippen molar-refractivity contribution in [3.8, 4) is 0 Å². The Bertz CT molecular complexity index is 873. The zero-order valence-electron chi connectivity index (χ0n) is 14.1. The summed E-state index contributed by atoms with van der Waals surface area (Å²) in [6.45, 7) is 0.554. The third-order valence-corrected chi connectivity index (χ3v) is 4.65. The van der Waals surface area contributed by atoms with E-state index in [-0.39, 0.29) is 23.9 Å². The van der Waals surface area contributed by atoms with Crippen molar-refractivity contribution >= 4 is 29.1 Å². The van der Waals surface area contributed by atoms with Crippen LogP contribution in [0.5, 0.6) is 0 Å². The summed E-state index contributed by atoms with van der Waals surface area (Å²) >= 11 is 6.19. The highest BCUT2D eigenvalue weighted by Crippen LogP contribution is 2.30. The summed E-state index contributed by atoms with van der Waals surface area (Å²) in [5, 5.41) is 0.393. The molecule has 136 valence electrons. The Labute approximate surface area is 155 Å². The van der Waals surface area contributed by atoms with Crippen LogP contribution in [0.4, 0.5) is 14.5 Å². The number of halogens is 3. The predicted octanol–water partition coefficient (Wildman–Crippen LogP) is 4.02. The molecule has 0 saturated carbocycles. The molecule has 4 nitrogen and oxygen atoms in total. The van der Waals surface area contributed by atoms with Crippen molar-refractivity contribution in [3.63, 3.8) is 0 Å². The van der Waals surface area contributed by atoms with Crippen molar-refractivity contribution in [1.29, 1.82) is 0 Å². The fraction of sp³-hybridized carbons (Fsp3) is 0.263. The summed E-state index contributed by atoms with van der Waals surface area (Å²) < 4.78 is 26.8. The van der Waals surface area contributed by atoms with Crippen LogP contribution in [0.25, 0.3) is 0 Å². The van der Waals surface area contributed by atoms with Crippen LogP contribution in [0.3, 0.4) is 0 Å². The molecule has 0 aromatic heterocycles. The molecule has 1 saturated heterocycles. The summed E-state index contributed by atoms with van der Waals surface area (Å²) in [6, 6.07) is 7.95. The smallest absolute Gasteiger partial charge is 0.253 e. The number of benzene rings is 2. The molecule has 7 heteroatoms. The van der Waals surface area contributed by atoms with Gasteiger partial charge in [0.2, 0.25) is 5.91 Å². The van der Waals surface area contributed by atoms with E-state index in [1.807, 2.05) is 0 Å². The lowest BCUT2D eigenvalue weighted by Crippen LogP contribution is -2.28. The van der Waals surface area contributed by atoms with E-state index in [0.29, 0.717) is 29.2 Å². The van der Waals surface area contributed by atoms with Gasteiger partial charge in [-0.1, -0.05) is 17.7 Å².